The highest BCUT2D eigenvalue weighted by Crippen LogP contribution is 2.23. The molecule has 2 aromatic heterocycles. The first-order valence-corrected chi connectivity index (χ1v) is 7.81. The molecule has 2 heterocycles. The van der Waals surface area contributed by atoms with E-state index in [4.69, 9.17) is 0 Å². The van der Waals surface area contributed by atoms with Crippen molar-refractivity contribution in [2.75, 3.05) is 5.32 Å². The van der Waals surface area contributed by atoms with Gasteiger partial charge in [-0.25, -0.2) is 9.37 Å². The van der Waals surface area contributed by atoms with Gasteiger partial charge in [-0.15, -0.1) is 5.10 Å². The topological polar surface area (TPSA) is 83.6 Å². The van der Waals surface area contributed by atoms with Gasteiger partial charge in [0.05, 0.1) is 17.2 Å². The van der Waals surface area contributed by atoms with Crippen molar-refractivity contribution >= 4 is 34.2 Å². The third-order valence-electron chi connectivity index (χ3n) is 3.45. The predicted octanol–water partition coefficient (Wildman–Crippen LogP) is 3.47. The van der Waals surface area contributed by atoms with Gasteiger partial charge in [-0.05, 0) is 54.0 Å². The number of hydrogen-bond acceptors (Lipinski definition) is 5. The number of carbonyl (C=O) groups excluding carboxylic acids is 1. The summed E-state index contributed by atoms with van der Waals surface area (Å²) in [5, 5.41) is 6.40. The molecule has 2 aromatic carbocycles. The largest absolute Gasteiger partial charge is 0.338 e. The number of halogens is 1. The molecule has 0 radical (unpaired) electrons. The second kappa shape index (κ2) is 5.82. The van der Waals surface area contributed by atoms with E-state index in [0.29, 0.717) is 27.4 Å². The fraction of sp³-hybridized carbons (Fsp3) is 0. The number of hydrogen-bond donors (Lipinski definition) is 2. The van der Waals surface area contributed by atoms with Crippen LogP contribution in [0.25, 0.3) is 22.4 Å². The zero-order valence-electron chi connectivity index (χ0n) is 12.2. The van der Waals surface area contributed by atoms with Crippen LogP contribution < -0.4 is 5.32 Å². The smallest absolute Gasteiger partial charge is 0.269 e. The normalized spacial score (nSPS) is 10.9. The summed E-state index contributed by atoms with van der Waals surface area (Å²) >= 11 is 1.04. The summed E-state index contributed by atoms with van der Waals surface area (Å²) in [6.07, 6.45) is 1.42. The van der Waals surface area contributed by atoms with E-state index >= 15 is 0 Å². The van der Waals surface area contributed by atoms with Gasteiger partial charge >= 0.3 is 0 Å². The Labute approximate surface area is 139 Å². The van der Waals surface area contributed by atoms with Crippen LogP contribution in [0.4, 0.5) is 10.1 Å². The van der Waals surface area contributed by atoms with Crippen molar-refractivity contribution in [3.63, 3.8) is 0 Å². The number of anilines is 1. The number of aromatic nitrogens is 4. The molecule has 8 heteroatoms. The number of carbonyl (C=O) groups is 1. The Hall–Kier alpha value is -3.13. The van der Waals surface area contributed by atoms with Gasteiger partial charge in [0.15, 0.2) is 0 Å². The maximum atomic E-state index is 13.2. The summed E-state index contributed by atoms with van der Waals surface area (Å²) in [6.45, 7) is 0. The van der Waals surface area contributed by atoms with E-state index < -0.39 is 0 Å². The molecule has 0 unspecified atom stereocenters. The molecule has 2 N–H and O–H groups in total. The average molecular weight is 339 g/mol. The van der Waals surface area contributed by atoms with E-state index in [-0.39, 0.29) is 11.7 Å². The molecule has 0 aliphatic heterocycles. The summed E-state index contributed by atoms with van der Waals surface area (Å²) in [4.78, 5) is 19.9. The summed E-state index contributed by atoms with van der Waals surface area (Å²) in [7, 11) is 0. The quantitative estimate of drug-likeness (QED) is 0.598. The van der Waals surface area contributed by atoms with Gasteiger partial charge in [0.25, 0.3) is 5.91 Å². The Kier molecular flexibility index (Phi) is 3.51. The zero-order chi connectivity index (χ0) is 16.5. The van der Waals surface area contributed by atoms with E-state index in [2.05, 4.69) is 24.9 Å². The minimum Gasteiger partial charge on any atom is -0.338 e. The number of rotatable bonds is 3. The molecule has 0 spiro atoms. The minimum absolute atomic E-state index is 0.253. The summed E-state index contributed by atoms with van der Waals surface area (Å²) < 4.78 is 16.9. The fourth-order valence-corrected chi connectivity index (χ4v) is 2.70. The van der Waals surface area contributed by atoms with Crippen LogP contribution in [0.3, 0.4) is 0 Å². The number of H-pyrrole nitrogens is 1. The van der Waals surface area contributed by atoms with E-state index in [1.54, 1.807) is 18.2 Å². The van der Waals surface area contributed by atoms with Crippen LogP contribution in [0.5, 0.6) is 0 Å². The van der Waals surface area contributed by atoms with Crippen LogP contribution in [-0.4, -0.2) is 25.5 Å². The zero-order valence-corrected chi connectivity index (χ0v) is 13.0. The molecule has 0 aliphatic rings. The number of nitrogens with zero attached hydrogens (tertiary/aromatic N) is 3. The lowest BCUT2D eigenvalue weighted by atomic mass is 10.2. The minimum atomic E-state index is -0.312. The number of imidazole rings is 1. The highest BCUT2D eigenvalue weighted by Gasteiger charge is 2.10. The number of aromatic amines is 1. The van der Waals surface area contributed by atoms with Gasteiger partial charge in [0, 0.05) is 11.3 Å². The van der Waals surface area contributed by atoms with Crippen molar-refractivity contribution in [3.05, 3.63) is 59.4 Å². The van der Waals surface area contributed by atoms with Gasteiger partial charge < -0.3 is 10.3 Å². The van der Waals surface area contributed by atoms with Gasteiger partial charge in [-0.2, -0.15) is 0 Å². The Morgan fingerprint density at radius 2 is 2.00 bits per heavy atom. The maximum absolute atomic E-state index is 13.2. The summed E-state index contributed by atoms with van der Waals surface area (Å²) in [5.41, 5.74) is 2.82. The molecule has 1 amide bonds. The van der Waals surface area contributed by atoms with E-state index in [1.165, 1.54) is 18.3 Å². The molecular weight excluding hydrogens is 329 g/mol. The van der Waals surface area contributed by atoms with Gasteiger partial charge in [0.1, 0.15) is 16.5 Å². The van der Waals surface area contributed by atoms with Crippen molar-refractivity contribution < 1.29 is 9.18 Å². The molecule has 4 rings (SSSR count). The van der Waals surface area contributed by atoms with Crippen LogP contribution in [-0.2, 0) is 0 Å². The number of benzene rings is 2. The van der Waals surface area contributed by atoms with Crippen LogP contribution >= 0.6 is 11.5 Å². The second-order valence-electron chi connectivity index (χ2n) is 5.06. The monoisotopic (exact) mass is 339 g/mol. The molecule has 0 saturated heterocycles. The van der Waals surface area contributed by atoms with Crippen LogP contribution in [0.15, 0.2) is 48.7 Å². The molecule has 0 atom stereocenters. The molecule has 0 aliphatic carbocycles. The van der Waals surface area contributed by atoms with E-state index in [0.717, 1.165) is 17.1 Å². The van der Waals surface area contributed by atoms with Crippen molar-refractivity contribution in [1.82, 2.24) is 19.6 Å². The third kappa shape index (κ3) is 2.74. The van der Waals surface area contributed by atoms with E-state index in [1.807, 2.05) is 12.1 Å². The molecule has 24 heavy (non-hydrogen) atoms. The third-order valence-corrected chi connectivity index (χ3v) is 4.11. The fourth-order valence-electron chi connectivity index (χ4n) is 2.29. The maximum Gasteiger partial charge on any atom is 0.269 e. The average Bonchev–Trinajstić information content (AvgIpc) is 3.24. The highest BCUT2D eigenvalue weighted by atomic mass is 32.1. The first-order valence-electron chi connectivity index (χ1n) is 7.03. The van der Waals surface area contributed by atoms with Crippen LogP contribution in [0.1, 0.15) is 9.67 Å². The van der Waals surface area contributed by atoms with E-state index in [9.17, 15) is 9.18 Å². The summed E-state index contributed by atoms with van der Waals surface area (Å²) in [6, 6.07) is 11.6. The molecule has 6 nitrogen and oxygen atoms in total. The van der Waals surface area contributed by atoms with Crippen molar-refractivity contribution in [1.29, 1.82) is 0 Å². The Morgan fingerprint density at radius 3 is 2.75 bits per heavy atom. The standard InChI is InChI=1S/C16H10FN5OS/c17-10-3-6-12-13(7-10)21-15(20-12)9-1-4-11(5-2-9)19-16(23)14-8-18-22-24-14/h1-8H,(H,19,23)(H,20,21). The Balaban J connectivity index is 1.57. The lowest BCUT2D eigenvalue weighted by Crippen LogP contribution is -2.09. The number of amides is 1. The van der Waals surface area contributed by atoms with Crippen LogP contribution in [0, 0.1) is 5.82 Å². The summed E-state index contributed by atoms with van der Waals surface area (Å²) in [5.74, 6) is 0.0745. The molecular formula is C16H10FN5OS. The lowest BCUT2D eigenvalue weighted by molar-refractivity contribution is 0.103. The Morgan fingerprint density at radius 1 is 1.17 bits per heavy atom. The van der Waals surface area contributed by atoms with Crippen LogP contribution in [0.2, 0.25) is 0 Å². The predicted molar refractivity (Wildman–Crippen MR) is 89.3 cm³/mol. The number of nitrogens with one attached hydrogen (secondary N) is 2. The first-order chi connectivity index (χ1) is 11.7. The van der Waals surface area contributed by atoms with Gasteiger partial charge in [0.2, 0.25) is 0 Å². The van der Waals surface area contributed by atoms with Crippen molar-refractivity contribution in [2.24, 2.45) is 0 Å². The number of fused-ring (bicyclic) bond motifs is 1. The highest BCUT2D eigenvalue weighted by molar-refractivity contribution is 7.07. The lowest BCUT2D eigenvalue weighted by Gasteiger charge is -2.03. The molecule has 0 bridgehead atoms. The van der Waals surface area contributed by atoms with Gasteiger partial charge in [-0.1, -0.05) is 4.49 Å². The SMILES string of the molecule is O=C(Nc1ccc(-c2nc3ccc(F)cc3[nH]2)cc1)c1cnns1. The second-order valence-corrected chi connectivity index (χ2v) is 5.85. The van der Waals surface area contributed by atoms with Crippen molar-refractivity contribution in [2.45, 2.75) is 0 Å². The molecule has 0 saturated carbocycles. The molecule has 118 valence electrons. The van der Waals surface area contributed by atoms with Gasteiger partial charge in [-0.3, -0.25) is 4.79 Å². The molecule has 4 aromatic rings. The molecule has 0 fully saturated rings. The Bertz CT molecular complexity index is 1010. The first kappa shape index (κ1) is 14.5. The van der Waals surface area contributed by atoms with Crippen molar-refractivity contribution in [3.8, 4) is 11.4 Å².